The number of Topliss-reactive ketones (excluding diaryl/α,β-unsaturated/α-hetero) is 1. The van der Waals surface area contributed by atoms with Crippen molar-refractivity contribution in [2.75, 3.05) is 0 Å². The Kier molecular flexibility index (Phi) is 5.48. The van der Waals surface area contributed by atoms with Gasteiger partial charge in [-0.1, -0.05) is 55.5 Å². The first-order valence-corrected chi connectivity index (χ1v) is 9.98. The fourth-order valence-electron chi connectivity index (χ4n) is 3.64. The van der Waals surface area contributed by atoms with E-state index in [0.29, 0.717) is 12.8 Å². The van der Waals surface area contributed by atoms with Crippen LogP contribution in [-0.4, -0.2) is 15.8 Å². The van der Waals surface area contributed by atoms with E-state index in [4.69, 9.17) is 4.98 Å². The first-order valence-electron chi connectivity index (χ1n) is 9.98. The highest BCUT2D eigenvalue weighted by Gasteiger charge is 2.14. The van der Waals surface area contributed by atoms with Crippen molar-refractivity contribution in [3.63, 3.8) is 0 Å². The number of pyridine rings is 2. The minimum absolute atomic E-state index is 0.103. The number of fused-ring (bicyclic) bond motifs is 1. The van der Waals surface area contributed by atoms with E-state index in [1.165, 1.54) is 0 Å². The molecule has 0 aliphatic heterocycles. The van der Waals surface area contributed by atoms with Crippen LogP contribution in [0.1, 0.15) is 36.2 Å². The number of aryl methyl sites for hydroxylation is 1. The third kappa shape index (κ3) is 4.57. The van der Waals surface area contributed by atoms with E-state index in [0.717, 1.165) is 39.0 Å². The lowest BCUT2D eigenvalue weighted by Crippen LogP contribution is -2.08. The van der Waals surface area contributed by atoms with Crippen molar-refractivity contribution in [1.82, 2.24) is 9.97 Å². The number of hydrogen-bond acceptors (Lipinski definition) is 3. The van der Waals surface area contributed by atoms with Crippen LogP contribution in [0.25, 0.3) is 22.0 Å². The molecular formula is C26H24N2O. The molecule has 0 aliphatic carbocycles. The van der Waals surface area contributed by atoms with Crippen LogP contribution in [0.3, 0.4) is 0 Å². The highest BCUT2D eigenvalue weighted by Crippen LogP contribution is 2.23. The van der Waals surface area contributed by atoms with Crippen molar-refractivity contribution in [3.8, 4) is 11.1 Å². The fraction of sp³-hybridized carbons (Fsp3) is 0.192. The molecule has 4 rings (SSSR count). The van der Waals surface area contributed by atoms with Crippen LogP contribution in [-0.2, 0) is 11.2 Å². The molecule has 2 aromatic heterocycles. The Morgan fingerprint density at radius 2 is 1.72 bits per heavy atom. The van der Waals surface area contributed by atoms with E-state index in [1.807, 2.05) is 55.6 Å². The minimum Gasteiger partial charge on any atom is -0.299 e. The van der Waals surface area contributed by atoms with Gasteiger partial charge in [0, 0.05) is 41.7 Å². The second-order valence-electron chi connectivity index (χ2n) is 7.63. The zero-order chi connectivity index (χ0) is 20.2. The topological polar surface area (TPSA) is 42.9 Å². The molecule has 144 valence electrons. The third-order valence-electron chi connectivity index (χ3n) is 5.24. The van der Waals surface area contributed by atoms with Crippen LogP contribution in [0.2, 0.25) is 0 Å². The van der Waals surface area contributed by atoms with E-state index in [-0.39, 0.29) is 11.7 Å². The van der Waals surface area contributed by atoms with Crippen LogP contribution < -0.4 is 0 Å². The Morgan fingerprint density at radius 3 is 2.52 bits per heavy atom. The van der Waals surface area contributed by atoms with Crippen molar-refractivity contribution in [2.45, 2.75) is 32.6 Å². The van der Waals surface area contributed by atoms with Gasteiger partial charge in [0.25, 0.3) is 0 Å². The molecular weight excluding hydrogens is 356 g/mol. The summed E-state index contributed by atoms with van der Waals surface area (Å²) in [7, 11) is 0. The average Bonchev–Trinajstić information content (AvgIpc) is 2.74. The Hall–Kier alpha value is -3.33. The molecule has 0 saturated carbocycles. The van der Waals surface area contributed by atoms with E-state index in [9.17, 15) is 4.79 Å². The van der Waals surface area contributed by atoms with Gasteiger partial charge in [-0.3, -0.25) is 14.8 Å². The second kappa shape index (κ2) is 8.36. The quantitative estimate of drug-likeness (QED) is 0.417. The number of carbonyl (C=O) groups excluding carboxylic acids is 1. The molecule has 0 fully saturated rings. The summed E-state index contributed by atoms with van der Waals surface area (Å²) < 4.78 is 0. The van der Waals surface area contributed by atoms with Crippen molar-refractivity contribution < 1.29 is 4.79 Å². The van der Waals surface area contributed by atoms with Gasteiger partial charge < -0.3 is 0 Å². The summed E-state index contributed by atoms with van der Waals surface area (Å²) in [6.07, 6.45) is 2.77. The van der Waals surface area contributed by atoms with Crippen LogP contribution in [0.5, 0.6) is 0 Å². The number of carbonyl (C=O) groups is 1. The van der Waals surface area contributed by atoms with E-state index in [2.05, 4.69) is 42.2 Å². The number of aromatic nitrogens is 2. The summed E-state index contributed by atoms with van der Waals surface area (Å²) in [5, 5.41) is 1.12. The lowest BCUT2D eigenvalue weighted by molar-refractivity contribution is -0.118. The Balaban J connectivity index is 1.41. The van der Waals surface area contributed by atoms with Gasteiger partial charge >= 0.3 is 0 Å². The highest BCUT2D eigenvalue weighted by atomic mass is 16.1. The summed E-state index contributed by atoms with van der Waals surface area (Å²) >= 11 is 0. The number of benzene rings is 2. The molecule has 0 saturated heterocycles. The fourth-order valence-corrected chi connectivity index (χ4v) is 3.64. The normalized spacial score (nSPS) is 12.1. The first kappa shape index (κ1) is 19.0. The molecule has 2 aromatic carbocycles. The molecule has 0 spiro atoms. The minimum atomic E-state index is 0.103. The Bertz CT molecular complexity index is 1150. The molecule has 0 bridgehead atoms. The maximum atomic E-state index is 12.6. The summed E-state index contributed by atoms with van der Waals surface area (Å²) in [6, 6.07) is 24.5. The van der Waals surface area contributed by atoms with Crippen molar-refractivity contribution in [3.05, 3.63) is 95.9 Å². The number of ketones is 1. The number of hydrogen-bond donors (Lipinski definition) is 0. The Morgan fingerprint density at radius 1 is 0.931 bits per heavy atom. The van der Waals surface area contributed by atoms with Crippen LogP contribution in [0, 0.1) is 6.92 Å². The zero-order valence-electron chi connectivity index (χ0n) is 16.8. The van der Waals surface area contributed by atoms with E-state index < -0.39 is 0 Å². The molecule has 2 heterocycles. The van der Waals surface area contributed by atoms with Gasteiger partial charge in [0.05, 0.1) is 5.52 Å². The summed E-state index contributed by atoms with van der Waals surface area (Å²) in [6.45, 7) is 4.06. The van der Waals surface area contributed by atoms with E-state index in [1.54, 1.807) is 0 Å². The number of para-hydroxylation sites is 1. The van der Waals surface area contributed by atoms with Crippen LogP contribution >= 0.6 is 0 Å². The molecule has 0 aliphatic rings. The van der Waals surface area contributed by atoms with Crippen molar-refractivity contribution in [2.24, 2.45) is 0 Å². The molecule has 3 nitrogen and oxygen atoms in total. The van der Waals surface area contributed by atoms with Gasteiger partial charge in [-0.15, -0.1) is 0 Å². The molecule has 3 heteroatoms. The molecule has 0 radical (unpaired) electrons. The standard InChI is InChI=1S/C26H24N2O/c1-18(25-12-11-22-5-3-4-6-26(22)28-25)15-24(29)17-20-7-9-21(10-8-20)23-13-14-27-19(2)16-23/h3-14,16,18H,15,17H2,1-2H3/t18-/m1/s1. The van der Waals surface area contributed by atoms with Gasteiger partial charge in [-0.05, 0) is 47.9 Å². The van der Waals surface area contributed by atoms with Crippen molar-refractivity contribution >= 4 is 16.7 Å². The van der Waals surface area contributed by atoms with Gasteiger partial charge in [-0.25, -0.2) is 0 Å². The van der Waals surface area contributed by atoms with Gasteiger partial charge in [0.1, 0.15) is 5.78 Å². The number of rotatable bonds is 6. The molecule has 0 N–H and O–H groups in total. The molecule has 4 aromatic rings. The molecule has 29 heavy (non-hydrogen) atoms. The lowest BCUT2D eigenvalue weighted by Gasteiger charge is -2.11. The summed E-state index contributed by atoms with van der Waals surface area (Å²) in [4.78, 5) is 21.6. The summed E-state index contributed by atoms with van der Waals surface area (Å²) in [5.41, 5.74) is 6.28. The van der Waals surface area contributed by atoms with Crippen LogP contribution in [0.15, 0.2) is 79.0 Å². The third-order valence-corrected chi connectivity index (χ3v) is 5.24. The SMILES string of the molecule is Cc1cc(-c2ccc(CC(=O)C[C@@H](C)c3ccc4ccccc4n3)cc2)ccn1. The molecule has 0 unspecified atom stereocenters. The average molecular weight is 380 g/mol. The molecule has 0 amide bonds. The van der Waals surface area contributed by atoms with Gasteiger partial charge in [0.2, 0.25) is 0 Å². The van der Waals surface area contributed by atoms with Gasteiger partial charge in [-0.2, -0.15) is 0 Å². The zero-order valence-corrected chi connectivity index (χ0v) is 16.8. The maximum absolute atomic E-state index is 12.6. The highest BCUT2D eigenvalue weighted by molar-refractivity contribution is 5.82. The first-order chi connectivity index (χ1) is 14.1. The largest absolute Gasteiger partial charge is 0.299 e. The summed E-state index contributed by atoms with van der Waals surface area (Å²) in [5.74, 6) is 0.339. The predicted octanol–water partition coefficient (Wildman–Crippen LogP) is 5.91. The maximum Gasteiger partial charge on any atom is 0.137 e. The Labute approximate surface area is 171 Å². The second-order valence-corrected chi connectivity index (χ2v) is 7.63. The van der Waals surface area contributed by atoms with Gasteiger partial charge in [0.15, 0.2) is 0 Å². The molecule has 1 atom stereocenters. The van der Waals surface area contributed by atoms with E-state index >= 15 is 0 Å². The van der Waals surface area contributed by atoms with Crippen LogP contribution in [0.4, 0.5) is 0 Å². The monoisotopic (exact) mass is 380 g/mol. The predicted molar refractivity (Wildman–Crippen MR) is 118 cm³/mol. The smallest absolute Gasteiger partial charge is 0.137 e. The number of nitrogens with zero attached hydrogens (tertiary/aromatic N) is 2. The lowest BCUT2D eigenvalue weighted by atomic mass is 9.95. The van der Waals surface area contributed by atoms with Crippen molar-refractivity contribution in [1.29, 1.82) is 0 Å².